The summed E-state index contributed by atoms with van der Waals surface area (Å²) in [5, 5.41) is 7.97. The molecule has 0 N–H and O–H groups in total. The lowest BCUT2D eigenvalue weighted by atomic mass is 9.88. The molecule has 1 fully saturated rings. The Balaban J connectivity index is 2.10. The zero-order chi connectivity index (χ0) is 11.5. The first-order valence-corrected chi connectivity index (χ1v) is 6.28. The Bertz CT molecular complexity index is 373. The van der Waals surface area contributed by atoms with Crippen LogP contribution in [0.1, 0.15) is 32.6 Å². The second kappa shape index (κ2) is 5.19. The molecular weight excluding hydrogens is 247 g/mol. The summed E-state index contributed by atoms with van der Waals surface area (Å²) in [6.07, 6.45) is 4.97. The molecule has 0 radical (unpaired) electrons. The number of hydrogen-bond donors (Lipinski definition) is 0. The Morgan fingerprint density at radius 3 is 2.75 bits per heavy atom. The van der Waals surface area contributed by atoms with E-state index in [9.17, 15) is 0 Å². The summed E-state index contributed by atoms with van der Waals surface area (Å²) in [5.74, 6) is 1.09. The summed E-state index contributed by atoms with van der Waals surface area (Å²) in [7, 11) is 0. The molecule has 2 atom stereocenters. The molecule has 2 unspecified atom stereocenters. The molecule has 1 aliphatic rings. The zero-order valence-corrected chi connectivity index (χ0v) is 10.6. The van der Waals surface area contributed by atoms with Gasteiger partial charge in [0.25, 0.3) is 0 Å². The van der Waals surface area contributed by atoms with Crippen LogP contribution in [0, 0.1) is 5.92 Å². The number of hydrogen-bond acceptors (Lipinski definition) is 3. The number of nitrogens with zero attached hydrogens (tertiary/aromatic N) is 2. The van der Waals surface area contributed by atoms with E-state index in [2.05, 4.69) is 17.1 Å². The number of ether oxygens (including phenoxy) is 1. The third kappa shape index (κ3) is 2.77. The van der Waals surface area contributed by atoms with Crippen molar-refractivity contribution in [3.63, 3.8) is 0 Å². The van der Waals surface area contributed by atoms with Crippen LogP contribution in [0.3, 0.4) is 0 Å². The molecular formula is C11H14Cl2N2O. The number of halogens is 2. The van der Waals surface area contributed by atoms with Crippen molar-refractivity contribution >= 4 is 23.2 Å². The summed E-state index contributed by atoms with van der Waals surface area (Å²) in [5.41, 5.74) is 0. The van der Waals surface area contributed by atoms with Gasteiger partial charge < -0.3 is 4.74 Å². The van der Waals surface area contributed by atoms with Gasteiger partial charge >= 0.3 is 0 Å². The molecule has 0 bridgehead atoms. The van der Waals surface area contributed by atoms with Crippen LogP contribution in [0.4, 0.5) is 0 Å². The SMILES string of the molecule is CC1CCCCC1Oc1cc(Cl)nnc1Cl. The van der Waals surface area contributed by atoms with E-state index in [1.165, 1.54) is 19.3 Å². The van der Waals surface area contributed by atoms with Gasteiger partial charge in [0, 0.05) is 6.07 Å². The van der Waals surface area contributed by atoms with E-state index in [-0.39, 0.29) is 11.3 Å². The summed E-state index contributed by atoms with van der Waals surface area (Å²) < 4.78 is 5.86. The lowest BCUT2D eigenvalue weighted by Gasteiger charge is -2.29. The molecule has 2 rings (SSSR count). The highest BCUT2D eigenvalue weighted by molar-refractivity contribution is 6.32. The highest BCUT2D eigenvalue weighted by atomic mass is 35.5. The van der Waals surface area contributed by atoms with Gasteiger partial charge in [-0.15, -0.1) is 10.2 Å². The van der Waals surface area contributed by atoms with Crippen molar-refractivity contribution in [2.45, 2.75) is 38.7 Å². The first-order chi connectivity index (χ1) is 7.66. The molecule has 0 amide bonds. The van der Waals surface area contributed by atoms with E-state index in [0.717, 1.165) is 6.42 Å². The van der Waals surface area contributed by atoms with Gasteiger partial charge in [0.05, 0.1) is 0 Å². The fourth-order valence-electron chi connectivity index (χ4n) is 2.04. The van der Waals surface area contributed by atoms with E-state index >= 15 is 0 Å². The average Bonchev–Trinajstić information content (AvgIpc) is 2.27. The van der Waals surface area contributed by atoms with Crippen LogP contribution >= 0.6 is 23.2 Å². The second-order valence-electron chi connectivity index (χ2n) is 4.24. The molecule has 0 saturated heterocycles. The first kappa shape index (κ1) is 11.9. The molecule has 88 valence electrons. The van der Waals surface area contributed by atoms with Gasteiger partial charge in [-0.1, -0.05) is 36.5 Å². The Kier molecular flexibility index (Phi) is 3.87. The number of rotatable bonds is 2. The summed E-state index contributed by atoms with van der Waals surface area (Å²) >= 11 is 11.7. The maximum absolute atomic E-state index is 5.91. The number of aromatic nitrogens is 2. The second-order valence-corrected chi connectivity index (χ2v) is 4.99. The summed E-state index contributed by atoms with van der Waals surface area (Å²) in [6, 6.07) is 1.62. The predicted molar refractivity (Wildman–Crippen MR) is 64.1 cm³/mol. The Morgan fingerprint density at radius 1 is 1.25 bits per heavy atom. The highest BCUT2D eigenvalue weighted by Gasteiger charge is 2.24. The fourth-order valence-corrected chi connectivity index (χ4v) is 2.31. The molecule has 0 spiro atoms. The van der Waals surface area contributed by atoms with Gasteiger partial charge in [-0.3, -0.25) is 0 Å². The van der Waals surface area contributed by atoms with Crippen molar-refractivity contribution in [2.75, 3.05) is 0 Å². The van der Waals surface area contributed by atoms with Gasteiger partial charge in [-0.25, -0.2) is 0 Å². The molecule has 0 aromatic carbocycles. The highest BCUT2D eigenvalue weighted by Crippen LogP contribution is 2.31. The van der Waals surface area contributed by atoms with Gasteiger partial charge in [-0.05, 0) is 25.2 Å². The van der Waals surface area contributed by atoms with Crippen LogP contribution in [-0.2, 0) is 0 Å². The third-order valence-electron chi connectivity index (χ3n) is 3.00. The van der Waals surface area contributed by atoms with Crippen LogP contribution in [0.25, 0.3) is 0 Å². The molecule has 1 saturated carbocycles. The smallest absolute Gasteiger partial charge is 0.193 e. The average molecular weight is 261 g/mol. The molecule has 5 heteroatoms. The molecule has 1 heterocycles. The monoisotopic (exact) mass is 260 g/mol. The summed E-state index contributed by atoms with van der Waals surface area (Å²) in [6.45, 7) is 2.20. The van der Waals surface area contributed by atoms with Gasteiger partial charge in [0.2, 0.25) is 0 Å². The molecule has 1 aromatic heterocycles. The third-order valence-corrected chi connectivity index (χ3v) is 3.44. The lowest BCUT2D eigenvalue weighted by Crippen LogP contribution is -2.28. The predicted octanol–water partition coefficient (Wildman–Crippen LogP) is 3.74. The van der Waals surface area contributed by atoms with Crippen molar-refractivity contribution in [1.29, 1.82) is 0 Å². The van der Waals surface area contributed by atoms with Crippen LogP contribution in [0.5, 0.6) is 5.75 Å². The normalized spacial score (nSPS) is 25.4. The van der Waals surface area contributed by atoms with E-state index in [1.54, 1.807) is 6.07 Å². The zero-order valence-electron chi connectivity index (χ0n) is 9.12. The Morgan fingerprint density at radius 2 is 2.00 bits per heavy atom. The van der Waals surface area contributed by atoms with E-state index in [4.69, 9.17) is 27.9 Å². The van der Waals surface area contributed by atoms with Crippen LogP contribution in [0.2, 0.25) is 10.3 Å². The minimum Gasteiger partial charge on any atom is -0.487 e. The van der Waals surface area contributed by atoms with Gasteiger partial charge in [0.15, 0.2) is 16.1 Å². The standard InChI is InChI=1S/C11H14Cl2N2O/c1-7-4-2-3-5-8(7)16-9-6-10(12)14-15-11(9)13/h6-8H,2-5H2,1H3. The van der Waals surface area contributed by atoms with Crippen LogP contribution in [-0.4, -0.2) is 16.3 Å². The molecule has 0 aliphatic heterocycles. The first-order valence-electron chi connectivity index (χ1n) is 5.52. The van der Waals surface area contributed by atoms with Crippen molar-refractivity contribution < 1.29 is 4.74 Å². The fraction of sp³-hybridized carbons (Fsp3) is 0.636. The molecule has 1 aromatic rings. The Hall–Kier alpha value is -0.540. The summed E-state index contributed by atoms with van der Waals surface area (Å²) in [4.78, 5) is 0. The maximum atomic E-state index is 5.91. The van der Waals surface area contributed by atoms with E-state index in [1.807, 2.05) is 0 Å². The minimum absolute atomic E-state index is 0.214. The van der Waals surface area contributed by atoms with Crippen molar-refractivity contribution in [2.24, 2.45) is 5.92 Å². The van der Waals surface area contributed by atoms with E-state index < -0.39 is 0 Å². The largest absolute Gasteiger partial charge is 0.487 e. The molecule has 3 nitrogen and oxygen atoms in total. The Labute approximate surface area is 105 Å². The van der Waals surface area contributed by atoms with Crippen LogP contribution < -0.4 is 4.74 Å². The van der Waals surface area contributed by atoms with Gasteiger partial charge in [-0.2, -0.15) is 0 Å². The molecule has 1 aliphatic carbocycles. The van der Waals surface area contributed by atoms with Crippen LogP contribution in [0.15, 0.2) is 6.07 Å². The van der Waals surface area contributed by atoms with E-state index in [0.29, 0.717) is 16.8 Å². The minimum atomic E-state index is 0.214. The van der Waals surface area contributed by atoms with Crippen molar-refractivity contribution in [3.8, 4) is 5.75 Å². The quantitative estimate of drug-likeness (QED) is 0.813. The molecule has 16 heavy (non-hydrogen) atoms. The topological polar surface area (TPSA) is 35.0 Å². The van der Waals surface area contributed by atoms with Crippen molar-refractivity contribution in [1.82, 2.24) is 10.2 Å². The lowest BCUT2D eigenvalue weighted by molar-refractivity contribution is 0.102. The van der Waals surface area contributed by atoms with Gasteiger partial charge in [0.1, 0.15) is 6.10 Å². The maximum Gasteiger partial charge on any atom is 0.193 e. The van der Waals surface area contributed by atoms with Crippen molar-refractivity contribution in [3.05, 3.63) is 16.4 Å².